The molecule has 0 aliphatic carbocycles. The summed E-state index contributed by atoms with van der Waals surface area (Å²) in [7, 11) is 0. The van der Waals surface area contributed by atoms with Crippen molar-refractivity contribution >= 4 is 112 Å². The molecule has 11 amide bonds. The smallest absolute Gasteiger partial charge is 0.306 e. The highest BCUT2D eigenvalue weighted by Crippen LogP contribution is 2.23. The molecule has 0 aliphatic heterocycles. The van der Waals surface area contributed by atoms with E-state index in [1.54, 1.807) is 27.7 Å². The van der Waals surface area contributed by atoms with Crippen molar-refractivity contribution < 1.29 is 132 Å². The number of amides is 11. The van der Waals surface area contributed by atoms with Gasteiger partial charge in [0.1, 0.15) is 41.5 Å². The van der Waals surface area contributed by atoms with Crippen molar-refractivity contribution in [1.29, 1.82) is 0 Å². The first-order chi connectivity index (χ1) is 68.5. The lowest BCUT2D eigenvalue weighted by molar-refractivity contribution is -0.143. The van der Waals surface area contributed by atoms with E-state index in [9.17, 15) is 106 Å². The quantitative estimate of drug-likeness (QED) is 0.0281. The monoisotopic (exact) mass is 2020 g/mol. The van der Waals surface area contributed by atoms with Crippen molar-refractivity contribution in [3.63, 3.8) is 0 Å². The van der Waals surface area contributed by atoms with Gasteiger partial charge in [-0.15, -0.1) is 0 Å². The number of unbranched alkanes of at least 4 members (excludes halogenated alkanes) is 5. The topological polar surface area (TPSA) is 765 Å². The maximum absolute atomic E-state index is 12.8. The normalized spacial score (nSPS) is 14.0. The van der Waals surface area contributed by atoms with Gasteiger partial charge in [-0.3, -0.25) is 91.1 Å². The largest absolute Gasteiger partial charge is 0.481 e. The minimum Gasteiger partial charge on any atom is -0.481 e. The van der Waals surface area contributed by atoms with E-state index in [-0.39, 0.29) is 137 Å². The number of carbonyl (C=O) groups excluding carboxylic acids is 15. The molecular formula is C102H157N15O27. The number of hydrogen-bond donors (Lipinski definition) is 23. The lowest BCUT2D eigenvalue weighted by Gasteiger charge is -2.21. The average molecular weight is 2030 g/mol. The van der Waals surface area contributed by atoms with Crippen LogP contribution in [0.1, 0.15) is 230 Å². The third-order valence-electron chi connectivity index (χ3n) is 24.2. The Morgan fingerprint density at radius 2 is 0.493 bits per heavy atom. The number of aliphatic hydroxyl groups is 4. The molecule has 0 fully saturated rings. The van der Waals surface area contributed by atoms with Crippen molar-refractivity contribution in [3.05, 3.63) is 144 Å². The number of Topliss-reactive ketones (excluding diaryl/α,β-unsaturated/α-hetero) is 4. The number of aliphatic carboxylic acids is 4. The highest BCUT2D eigenvalue weighted by Gasteiger charge is 2.34. The third kappa shape index (κ3) is 57.5. The highest BCUT2D eigenvalue weighted by molar-refractivity contribution is 5.95. The summed E-state index contributed by atoms with van der Waals surface area (Å²) in [5, 5.41) is 93.9. The number of carbonyl (C=O) groups is 19. The van der Waals surface area contributed by atoms with Gasteiger partial charge in [-0.2, -0.15) is 0 Å². The Labute approximate surface area is 841 Å². The molecule has 0 aliphatic rings. The Balaban J connectivity index is 0.000000961. The van der Waals surface area contributed by atoms with E-state index in [0.29, 0.717) is 135 Å². The second kappa shape index (κ2) is 76.0. The van der Waals surface area contributed by atoms with Crippen LogP contribution in [0.2, 0.25) is 0 Å². The number of carboxylic acids is 4. The number of benzene rings is 4. The van der Waals surface area contributed by atoms with Crippen LogP contribution in [0.5, 0.6) is 0 Å². The first-order valence-corrected chi connectivity index (χ1v) is 49.3. The number of aliphatic hydroxyl groups excluding tert-OH is 4. The van der Waals surface area contributed by atoms with Crippen LogP contribution in [0.15, 0.2) is 121 Å². The lowest BCUT2D eigenvalue weighted by Crippen LogP contribution is -2.50. The molecule has 42 nitrogen and oxygen atoms in total. The maximum Gasteiger partial charge on any atom is 0.306 e. The molecule has 0 heterocycles. The standard InChI is InChI=1S/3C26H40N4O7.C24H37N3O6/c3*1-2-18(26(36)37)11-12-23(33)29-13-7-6-10-20(27)22(32)15-19(14-17-8-4-3-5-9-17)25(35)30-21(16-31)24(28)34;1-2-18(24(32)33)12-13-22(30)26-14-8-4-7-11-21(29)20(27-23(31)19(25)16-28)15-17-9-5-3-6-10-17/h3*3-5,8-9,18-21,31H,2,6-7,10-16,27H2,1H3,(H2,28,34)(H,29,33)(H,30,35)(H,36,37);3,5-6,9-10,18-20,28H,2,4,7-8,11-16,25H2,1H3,(H,26,30)(H,27,31)(H,32,33). The average Bonchev–Trinajstić information content (AvgIpc) is 0.873. The first-order valence-electron chi connectivity index (χ1n) is 49.3. The summed E-state index contributed by atoms with van der Waals surface area (Å²) >= 11 is 0. The van der Waals surface area contributed by atoms with Gasteiger partial charge in [0.15, 0.2) is 5.78 Å². The van der Waals surface area contributed by atoms with E-state index in [1.807, 2.05) is 121 Å². The lowest BCUT2D eigenvalue weighted by atomic mass is 9.90. The number of hydrogen-bond acceptors (Lipinski definition) is 27. The van der Waals surface area contributed by atoms with Crippen LogP contribution in [-0.2, 0) is 117 Å². The Bertz CT molecular complexity index is 4220. The Morgan fingerprint density at radius 1 is 0.257 bits per heavy atom. The molecule has 144 heavy (non-hydrogen) atoms. The summed E-state index contributed by atoms with van der Waals surface area (Å²) in [5.74, 6) is -14.9. The Morgan fingerprint density at radius 3 is 0.715 bits per heavy atom. The SMILES string of the molecule is CCC(CCC(=O)NCCCCC(N)C(=O)CC(Cc1ccccc1)C(=O)NC(CO)C(N)=O)C(=O)O.CCC(CCC(=O)NCCCCC(N)C(=O)CC(Cc1ccccc1)C(=O)NC(CO)C(N)=O)C(=O)O.CCC(CCC(=O)NCCCCC(N)C(=O)CC(Cc1ccccc1)C(=O)NC(CO)C(N)=O)C(=O)O.CCC(CCC(=O)NCCCCCC(=O)C(Cc1ccccc1)NC(=O)C(N)CO)C(=O)O. The van der Waals surface area contributed by atoms with Crippen LogP contribution >= 0.6 is 0 Å². The number of rotatable bonds is 74. The molecule has 30 N–H and O–H groups in total. The number of nitrogens with one attached hydrogen (secondary N) is 8. The van der Waals surface area contributed by atoms with Crippen LogP contribution in [0.25, 0.3) is 0 Å². The van der Waals surface area contributed by atoms with E-state index in [0.717, 1.165) is 28.7 Å². The minimum absolute atomic E-state index is 0.111. The molecule has 4 rings (SSSR count). The van der Waals surface area contributed by atoms with Gasteiger partial charge >= 0.3 is 23.9 Å². The second-order valence-electron chi connectivity index (χ2n) is 35.6. The highest BCUT2D eigenvalue weighted by atomic mass is 16.4. The van der Waals surface area contributed by atoms with Crippen LogP contribution in [-0.4, -0.2) is 254 Å². The van der Waals surface area contributed by atoms with Gasteiger partial charge in [0, 0.05) is 95.3 Å². The Hall–Kier alpha value is -12.7. The molecule has 0 aromatic heterocycles. The first kappa shape index (κ1) is 129. The van der Waals surface area contributed by atoms with Crippen LogP contribution in [0.3, 0.4) is 0 Å². The van der Waals surface area contributed by atoms with Crippen molar-refractivity contribution in [2.24, 2.45) is 81.6 Å². The molecule has 802 valence electrons. The molecular weight excluding hydrogens is 1870 g/mol. The van der Waals surface area contributed by atoms with Crippen molar-refractivity contribution in [3.8, 4) is 0 Å². The van der Waals surface area contributed by atoms with Gasteiger partial charge in [-0.25, -0.2) is 0 Å². The van der Waals surface area contributed by atoms with E-state index in [1.165, 1.54) is 0 Å². The van der Waals surface area contributed by atoms with E-state index >= 15 is 0 Å². The molecule has 15 unspecified atom stereocenters. The van der Waals surface area contributed by atoms with E-state index in [4.69, 9.17) is 65.7 Å². The molecule has 4 aromatic carbocycles. The van der Waals surface area contributed by atoms with Gasteiger partial charge in [0.05, 0.1) is 74.3 Å². The fraction of sp³-hybridized carbons (Fsp3) is 0.578. The zero-order valence-electron chi connectivity index (χ0n) is 83.4. The fourth-order valence-electron chi connectivity index (χ4n) is 14.8. The van der Waals surface area contributed by atoms with Crippen molar-refractivity contribution in [2.75, 3.05) is 52.6 Å². The van der Waals surface area contributed by atoms with Crippen LogP contribution < -0.4 is 82.7 Å². The van der Waals surface area contributed by atoms with Crippen molar-refractivity contribution in [1.82, 2.24) is 42.5 Å². The number of nitrogens with two attached hydrogens (primary N) is 7. The molecule has 0 radical (unpaired) electrons. The predicted molar refractivity (Wildman–Crippen MR) is 535 cm³/mol. The Kier molecular flexibility index (Phi) is 68.2. The number of ketones is 4. The maximum atomic E-state index is 12.8. The molecule has 0 spiro atoms. The van der Waals surface area contributed by atoms with Gasteiger partial charge in [0.2, 0.25) is 65.0 Å². The summed E-state index contributed by atoms with van der Waals surface area (Å²) in [6.07, 6.45) is 11.2. The summed E-state index contributed by atoms with van der Waals surface area (Å²) in [6.45, 7) is 6.26. The predicted octanol–water partition coefficient (Wildman–Crippen LogP) is 1.99. The molecule has 0 saturated carbocycles. The van der Waals surface area contributed by atoms with Crippen molar-refractivity contribution in [2.45, 2.75) is 281 Å². The fourth-order valence-corrected chi connectivity index (χ4v) is 14.8. The molecule has 4 aromatic rings. The third-order valence-corrected chi connectivity index (χ3v) is 24.2. The summed E-state index contributed by atoms with van der Waals surface area (Å²) in [4.78, 5) is 227. The zero-order chi connectivity index (χ0) is 108. The van der Waals surface area contributed by atoms with E-state index < -0.39 is 181 Å². The summed E-state index contributed by atoms with van der Waals surface area (Å²) < 4.78 is 0. The summed E-state index contributed by atoms with van der Waals surface area (Å²) in [6, 6.07) is 28.7. The van der Waals surface area contributed by atoms with Gasteiger partial charge in [-0.1, -0.05) is 155 Å². The molecule has 15 atom stereocenters. The van der Waals surface area contributed by atoms with Gasteiger partial charge in [-0.05, 0) is 170 Å². The number of primary amides is 3. The van der Waals surface area contributed by atoms with Crippen LogP contribution in [0.4, 0.5) is 0 Å². The van der Waals surface area contributed by atoms with Gasteiger partial charge in [0.25, 0.3) is 0 Å². The second-order valence-corrected chi connectivity index (χ2v) is 35.6. The molecule has 0 saturated heterocycles. The molecule has 0 bridgehead atoms. The van der Waals surface area contributed by atoms with E-state index in [2.05, 4.69) is 42.5 Å². The zero-order valence-corrected chi connectivity index (χ0v) is 83.4. The number of carboxylic acid groups (broad SMARTS) is 4. The minimum atomic E-state index is -1.25. The van der Waals surface area contributed by atoms with Crippen LogP contribution in [0, 0.1) is 41.4 Å². The van der Waals surface area contributed by atoms with Gasteiger partial charge < -0.3 is 124 Å². The molecule has 42 heteroatoms. The summed E-state index contributed by atoms with van der Waals surface area (Å²) in [5.41, 5.74) is 42.7.